The van der Waals surface area contributed by atoms with Crippen LogP contribution in [0.2, 0.25) is 0 Å². The number of carbonyl (C=O) groups excluding carboxylic acids is 1. The average Bonchev–Trinajstić information content (AvgIpc) is 3.02. The Morgan fingerprint density at radius 3 is 2.54 bits per heavy atom. The summed E-state index contributed by atoms with van der Waals surface area (Å²) in [5, 5.41) is 3.45. The first-order chi connectivity index (χ1) is 20.1. The third-order valence-corrected chi connectivity index (χ3v) is 6.81. The van der Waals surface area contributed by atoms with Gasteiger partial charge < -0.3 is 29.3 Å². The highest BCUT2D eigenvalue weighted by molar-refractivity contribution is 5.99. The smallest absolute Gasteiger partial charge is 0.420 e. The molecule has 11 nitrogen and oxygen atoms in total. The van der Waals surface area contributed by atoms with E-state index in [4.69, 9.17) is 14.2 Å². The summed E-state index contributed by atoms with van der Waals surface area (Å²) in [5.41, 5.74) is 3.71. The van der Waals surface area contributed by atoms with Gasteiger partial charge in [0.25, 0.3) is 0 Å². The molecular formula is C30H33N7O4. The third kappa shape index (κ3) is 6.64. The van der Waals surface area contributed by atoms with Crippen molar-refractivity contribution < 1.29 is 19.0 Å². The SMILES string of the molecule is COc1ccc(N(C(=O)OCc2cccnc2)c2ccncn2)c(Nc2ccc(N3CCN(C)CC3)c(OC)c2)c1. The van der Waals surface area contributed by atoms with Crippen molar-refractivity contribution in [3.63, 3.8) is 0 Å². The van der Waals surface area contributed by atoms with Crippen LogP contribution in [0.3, 0.4) is 0 Å². The Kier molecular flexibility index (Phi) is 8.75. The number of hydrogen-bond acceptors (Lipinski definition) is 10. The van der Waals surface area contributed by atoms with Crippen molar-refractivity contribution in [2.24, 2.45) is 0 Å². The van der Waals surface area contributed by atoms with Crippen LogP contribution in [0.25, 0.3) is 0 Å². The van der Waals surface area contributed by atoms with Gasteiger partial charge in [-0.05, 0) is 43.4 Å². The van der Waals surface area contributed by atoms with E-state index in [0.29, 0.717) is 22.9 Å². The van der Waals surface area contributed by atoms with E-state index in [9.17, 15) is 4.79 Å². The number of likely N-dealkylation sites (N-methyl/N-ethyl adjacent to an activating group) is 1. The van der Waals surface area contributed by atoms with E-state index < -0.39 is 6.09 Å². The molecule has 1 N–H and O–H groups in total. The number of hydrogen-bond donors (Lipinski definition) is 1. The van der Waals surface area contributed by atoms with Crippen molar-refractivity contribution in [1.29, 1.82) is 0 Å². The highest BCUT2D eigenvalue weighted by atomic mass is 16.6. The molecule has 4 aromatic rings. The fraction of sp³-hybridized carbons (Fsp3) is 0.267. The lowest BCUT2D eigenvalue weighted by Gasteiger charge is -2.34. The van der Waals surface area contributed by atoms with Crippen LogP contribution in [0.4, 0.5) is 33.4 Å². The number of nitrogens with one attached hydrogen (secondary N) is 1. The van der Waals surface area contributed by atoms with Crippen LogP contribution >= 0.6 is 0 Å². The van der Waals surface area contributed by atoms with Crippen LogP contribution in [-0.4, -0.2) is 73.4 Å². The number of ether oxygens (including phenoxy) is 3. The Balaban J connectivity index is 1.47. The van der Waals surface area contributed by atoms with Gasteiger partial charge in [0, 0.05) is 68.2 Å². The van der Waals surface area contributed by atoms with Gasteiger partial charge in [0.2, 0.25) is 0 Å². The topological polar surface area (TPSA) is 105 Å². The molecule has 0 saturated carbocycles. The molecule has 0 aliphatic carbocycles. The Hall–Kier alpha value is -4.90. The van der Waals surface area contributed by atoms with Crippen LogP contribution in [-0.2, 0) is 11.3 Å². The van der Waals surface area contributed by atoms with E-state index in [1.807, 2.05) is 24.3 Å². The van der Waals surface area contributed by atoms with Gasteiger partial charge >= 0.3 is 6.09 Å². The highest BCUT2D eigenvalue weighted by Gasteiger charge is 2.25. The van der Waals surface area contributed by atoms with Gasteiger partial charge in [-0.3, -0.25) is 4.98 Å². The summed E-state index contributed by atoms with van der Waals surface area (Å²) >= 11 is 0. The van der Waals surface area contributed by atoms with Crippen LogP contribution in [0.15, 0.2) is 79.5 Å². The molecule has 3 heterocycles. The monoisotopic (exact) mass is 555 g/mol. The van der Waals surface area contributed by atoms with Gasteiger partial charge in [-0.2, -0.15) is 0 Å². The molecule has 5 rings (SSSR count). The molecule has 1 aliphatic heterocycles. The van der Waals surface area contributed by atoms with Crippen molar-refractivity contribution in [2.45, 2.75) is 6.61 Å². The maximum Gasteiger partial charge on any atom is 0.420 e. The number of nitrogens with zero attached hydrogens (tertiary/aromatic N) is 6. The van der Waals surface area contributed by atoms with E-state index in [-0.39, 0.29) is 6.61 Å². The molecule has 0 bridgehead atoms. The number of methoxy groups -OCH3 is 2. The van der Waals surface area contributed by atoms with Crippen LogP contribution < -0.4 is 24.6 Å². The van der Waals surface area contributed by atoms with Gasteiger partial charge in [-0.25, -0.2) is 19.7 Å². The molecule has 41 heavy (non-hydrogen) atoms. The number of benzene rings is 2. The van der Waals surface area contributed by atoms with Crippen LogP contribution in [0, 0.1) is 0 Å². The minimum Gasteiger partial charge on any atom is -0.497 e. The molecule has 1 amide bonds. The zero-order valence-electron chi connectivity index (χ0n) is 23.4. The number of aromatic nitrogens is 3. The lowest BCUT2D eigenvalue weighted by Crippen LogP contribution is -2.44. The first-order valence-electron chi connectivity index (χ1n) is 13.2. The number of rotatable bonds is 9. The van der Waals surface area contributed by atoms with E-state index in [0.717, 1.165) is 48.9 Å². The molecule has 0 radical (unpaired) electrons. The zero-order valence-corrected chi connectivity index (χ0v) is 23.4. The van der Waals surface area contributed by atoms with Crippen molar-refractivity contribution >= 4 is 34.7 Å². The summed E-state index contributed by atoms with van der Waals surface area (Å²) in [6.07, 6.45) is 5.67. The summed E-state index contributed by atoms with van der Waals surface area (Å²) < 4.78 is 17.0. The fourth-order valence-electron chi connectivity index (χ4n) is 4.58. The van der Waals surface area contributed by atoms with Gasteiger partial charge in [0.1, 0.15) is 30.3 Å². The lowest BCUT2D eigenvalue weighted by atomic mass is 10.2. The van der Waals surface area contributed by atoms with Gasteiger partial charge in [0.15, 0.2) is 0 Å². The Bertz CT molecular complexity index is 1450. The van der Waals surface area contributed by atoms with Crippen molar-refractivity contribution in [3.8, 4) is 11.5 Å². The molecule has 1 aliphatic rings. The van der Waals surface area contributed by atoms with Crippen LogP contribution in [0.1, 0.15) is 5.56 Å². The summed E-state index contributed by atoms with van der Waals surface area (Å²) in [5.74, 6) is 1.73. The van der Waals surface area contributed by atoms with E-state index in [2.05, 4.69) is 43.2 Å². The second kappa shape index (κ2) is 13.0. The standard InChI is InChI=1S/C30H33N7O4/c1-35-13-15-36(16-14-35)27-8-6-23(17-28(27)40-3)34-25-18-24(39-2)7-9-26(25)37(29-10-12-32-21-33-29)30(38)41-20-22-5-4-11-31-19-22/h4-12,17-19,21,34H,13-16,20H2,1-3H3. The first kappa shape index (κ1) is 27.7. The maximum absolute atomic E-state index is 13.6. The number of carbonyl (C=O) groups is 1. The molecule has 2 aromatic heterocycles. The molecule has 1 fully saturated rings. The highest BCUT2D eigenvalue weighted by Crippen LogP contribution is 2.39. The van der Waals surface area contributed by atoms with Crippen molar-refractivity contribution in [1.82, 2.24) is 19.9 Å². The second-order valence-corrected chi connectivity index (χ2v) is 9.50. The predicted octanol–water partition coefficient (Wildman–Crippen LogP) is 4.86. The van der Waals surface area contributed by atoms with Crippen molar-refractivity contribution in [2.75, 3.05) is 62.6 Å². The first-order valence-corrected chi connectivity index (χ1v) is 13.2. The fourth-order valence-corrected chi connectivity index (χ4v) is 4.58. The second-order valence-electron chi connectivity index (χ2n) is 9.50. The maximum atomic E-state index is 13.6. The predicted molar refractivity (Wildman–Crippen MR) is 158 cm³/mol. The lowest BCUT2D eigenvalue weighted by molar-refractivity contribution is 0.149. The number of piperazine rings is 1. The Morgan fingerprint density at radius 1 is 0.976 bits per heavy atom. The molecule has 11 heteroatoms. The molecule has 2 aromatic carbocycles. The largest absolute Gasteiger partial charge is 0.497 e. The number of anilines is 5. The molecule has 0 atom stereocenters. The summed E-state index contributed by atoms with van der Waals surface area (Å²) in [6.45, 7) is 3.89. The van der Waals surface area contributed by atoms with E-state index in [1.54, 1.807) is 57.1 Å². The molecule has 212 valence electrons. The number of amides is 1. The zero-order chi connectivity index (χ0) is 28.6. The summed E-state index contributed by atoms with van der Waals surface area (Å²) in [6, 6.07) is 16.7. The quantitative estimate of drug-likeness (QED) is 0.308. The van der Waals surface area contributed by atoms with Gasteiger partial charge in [0.05, 0.1) is 31.3 Å². The minimum atomic E-state index is -0.608. The molecule has 0 unspecified atom stereocenters. The third-order valence-electron chi connectivity index (χ3n) is 6.81. The summed E-state index contributed by atoms with van der Waals surface area (Å²) in [4.78, 5) is 32.0. The van der Waals surface area contributed by atoms with E-state index >= 15 is 0 Å². The van der Waals surface area contributed by atoms with Gasteiger partial charge in [-0.1, -0.05) is 6.07 Å². The Morgan fingerprint density at radius 2 is 1.83 bits per heavy atom. The normalized spacial score (nSPS) is 13.4. The van der Waals surface area contributed by atoms with Crippen molar-refractivity contribution in [3.05, 3.63) is 85.1 Å². The average molecular weight is 556 g/mol. The Labute approximate surface area is 239 Å². The molecular weight excluding hydrogens is 522 g/mol. The van der Waals surface area contributed by atoms with Gasteiger partial charge in [-0.15, -0.1) is 0 Å². The van der Waals surface area contributed by atoms with E-state index in [1.165, 1.54) is 11.2 Å². The minimum absolute atomic E-state index is 0.0537. The van der Waals surface area contributed by atoms with Crippen LogP contribution in [0.5, 0.6) is 11.5 Å². The number of pyridine rings is 1. The molecule has 1 saturated heterocycles. The molecule has 0 spiro atoms. The summed E-state index contributed by atoms with van der Waals surface area (Å²) in [7, 11) is 5.40.